The second-order valence-electron chi connectivity index (χ2n) is 3.24. The van der Waals surface area contributed by atoms with E-state index in [4.69, 9.17) is 0 Å². The van der Waals surface area contributed by atoms with Gasteiger partial charge < -0.3 is 5.32 Å². The lowest BCUT2D eigenvalue weighted by molar-refractivity contribution is 0.0949. The number of rotatable bonds is 3. The van der Waals surface area contributed by atoms with Crippen molar-refractivity contribution in [2.45, 2.75) is 6.54 Å². The van der Waals surface area contributed by atoms with Crippen LogP contribution in [0.5, 0.6) is 0 Å². The van der Waals surface area contributed by atoms with E-state index in [0.717, 1.165) is 8.04 Å². The number of hydrogen-bond acceptors (Lipinski definition) is 3. The molecule has 0 unspecified atom stereocenters. The van der Waals surface area contributed by atoms with Crippen LogP contribution in [-0.2, 0) is 6.54 Å². The lowest BCUT2D eigenvalue weighted by Crippen LogP contribution is -2.24. The molecule has 1 heterocycles. The summed E-state index contributed by atoms with van der Waals surface area (Å²) >= 11 is 5.47. The van der Waals surface area contributed by atoms with Crippen molar-refractivity contribution in [2.75, 3.05) is 0 Å². The van der Waals surface area contributed by atoms with E-state index in [1.165, 1.54) is 6.33 Å². The minimum atomic E-state index is -0.132. The Morgan fingerprint density at radius 3 is 3.06 bits per heavy atom. The standard InChI is InChI=1S/C10H8BrIN4O/c11-6-1-2-8(12)7(3-6)10(17)13-4-9-14-5-15-16-9/h1-3,5H,4H2,(H,13,17)(H,14,15,16). The van der Waals surface area contributed by atoms with Crippen LogP contribution in [0.3, 0.4) is 0 Å². The number of benzene rings is 1. The van der Waals surface area contributed by atoms with E-state index in [1.807, 2.05) is 12.1 Å². The summed E-state index contributed by atoms with van der Waals surface area (Å²) in [5, 5.41) is 9.16. The molecule has 1 aromatic carbocycles. The molecule has 7 heteroatoms. The van der Waals surface area contributed by atoms with E-state index in [-0.39, 0.29) is 5.91 Å². The summed E-state index contributed by atoms with van der Waals surface area (Å²) in [6.07, 6.45) is 1.41. The van der Waals surface area contributed by atoms with Gasteiger partial charge >= 0.3 is 0 Å². The summed E-state index contributed by atoms with van der Waals surface area (Å²) in [6, 6.07) is 5.57. The third-order valence-electron chi connectivity index (χ3n) is 2.05. The molecule has 0 atom stereocenters. The fourth-order valence-corrected chi connectivity index (χ4v) is 2.19. The highest BCUT2D eigenvalue weighted by Gasteiger charge is 2.10. The quantitative estimate of drug-likeness (QED) is 0.767. The first-order valence-corrected chi connectivity index (χ1v) is 6.61. The highest BCUT2D eigenvalue weighted by atomic mass is 127. The SMILES string of the molecule is O=C(NCc1ncn[nH]1)c1cc(Br)ccc1I. The summed E-state index contributed by atoms with van der Waals surface area (Å²) in [4.78, 5) is 15.8. The Labute approximate surface area is 120 Å². The van der Waals surface area contributed by atoms with Gasteiger partial charge in [-0.3, -0.25) is 9.89 Å². The minimum Gasteiger partial charge on any atom is -0.345 e. The van der Waals surface area contributed by atoms with E-state index in [2.05, 4.69) is 59.0 Å². The third kappa shape index (κ3) is 3.25. The van der Waals surface area contributed by atoms with Crippen LogP contribution in [-0.4, -0.2) is 21.1 Å². The topological polar surface area (TPSA) is 70.7 Å². The van der Waals surface area contributed by atoms with E-state index in [0.29, 0.717) is 17.9 Å². The Morgan fingerprint density at radius 1 is 1.53 bits per heavy atom. The Bertz CT molecular complexity index is 529. The number of halogens is 2. The van der Waals surface area contributed by atoms with Crippen LogP contribution in [0.25, 0.3) is 0 Å². The van der Waals surface area contributed by atoms with E-state index >= 15 is 0 Å². The molecule has 0 aliphatic rings. The van der Waals surface area contributed by atoms with Gasteiger partial charge in [-0.2, -0.15) is 5.10 Å². The van der Waals surface area contributed by atoms with Gasteiger partial charge in [0.05, 0.1) is 12.1 Å². The number of nitrogens with zero attached hydrogens (tertiary/aromatic N) is 2. The molecule has 88 valence electrons. The van der Waals surface area contributed by atoms with Crippen molar-refractivity contribution < 1.29 is 4.79 Å². The number of aromatic amines is 1. The van der Waals surface area contributed by atoms with E-state index in [1.54, 1.807) is 6.07 Å². The maximum Gasteiger partial charge on any atom is 0.252 e. The van der Waals surface area contributed by atoms with Crippen LogP contribution in [0, 0.1) is 3.57 Å². The number of carbonyl (C=O) groups excluding carboxylic acids is 1. The van der Waals surface area contributed by atoms with Crippen molar-refractivity contribution >= 4 is 44.4 Å². The summed E-state index contributed by atoms with van der Waals surface area (Å²) in [5.41, 5.74) is 0.638. The molecule has 0 bridgehead atoms. The molecule has 5 nitrogen and oxygen atoms in total. The van der Waals surface area contributed by atoms with E-state index in [9.17, 15) is 4.79 Å². The van der Waals surface area contributed by atoms with Crippen LogP contribution in [0.4, 0.5) is 0 Å². The second-order valence-corrected chi connectivity index (χ2v) is 5.32. The minimum absolute atomic E-state index is 0.132. The maximum absolute atomic E-state index is 11.9. The van der Waals surface area contributed by atoms with Crippen LogP contribution < -0.4 is 5.32 Å². The van der Waals surface area contributed by atoms with Gasteiger partial charge in [-0.1, -0.05) is 15.9 Å². The molecule has 0 aliphatic heterocycles. The van der Waals surface area contributed by atoms with Crippen LogP contribution in [0.15, 0.2) is 29.0 Å². The van der Waals surface area contributed by atoms with Crippen molar-refractivity contribution in [3.63, 3.8) is 0 Å². The molecule has 0 aliphatic carbocycles. The van der Waals surface area contributed by atoms with Crippen LogP contribution in [0.2, 0.25) is 0 Å². The highest BCUT2D eigenvalue weighted by Crippen LogP contribution is 2.18. The van der Waals surface area contributed by atoms with Crippen molar-refractivity contribution in [1.82, 2.24) is 20.5 Å². The zero-order chi connectivity index (χ0) is 12.3. The first kappa shape index (κ1) is 12.5. The summed E-state index contributed by atoms with van der Waals surface area (Å²) in [7, 11) is 0. The number of nitrogens with one attached hydrogen (secondary N) is 2. The van der Waals surface area contributed by atoms with Crippen molar-refractivity contribution in [1.29, 1.82) is 0 Å². The van der Waals surface area contributed by atoms with Gasteiger partial charge in [0.2, 0.25) is 0 Å². The zero-order valence-electron chi connectivity index (χ0n) is 8.58. The number of aromatic nitrogens is 3. The van der Waals surface area contributed by atoms with Crippen molar-refractivity contribution in [2.24, 2.45) is 0 Å². The molecule has 1 aromatic heterocycles. The predicted molar refractivity (Wildman–Crippen MR) is 74.4 cm³/mol. The van der Waals surface area contributed by atoms with Crippen LogP contribution >= 0.6 is 38.5 Å². The number of carbonyl (C=O) groups is 1. The number of H-pyrrole nitrogens is 1. The molecule has 0 radical (unpaired) electrons. The lowest BCUT2D eigenvalue weighted by Gasteiger charge is -2.05. The Balaban J connectivity index is 2.07. The van der Waals surface area contributed by atoms with Gasteiger partial charge in [-0.25, -0.2) is 4.98 Å². The van der Waals surface area contributed by atoms with Crippen molar-refractivity contribution in [3.8, 4) is 0 Å². The molecule has 2 N–H and O–H groups in total. The maximum atomic E-state index is 11.9. The van der Waals surface area contributed by atoms with Gasteiger partial charge in [-0.05, 0) is 40.8 Å². The third-order valence-corrected chi connectivity index (χ3v) is 3.49. The first-order chi connectivity index (χ1) is 8.16. The monoisotopic (exact) mass is 406 g/mol. The largest absolute Gasteiger partial charge is 0.345 e. The Morgan fingerprint density at radius 2 is 2.35 bits per heavy atom. The second kappa shape index (κ2) is 5.58. The molecule has 0 saturated carbocycles. The van der Waals surface area contributed by atoms with E-state index < -0.39 is 0 Å². The Kier molecular flexibility index (Phi) is 4.11. The van der Waals surface area contributed by atoms with Gasteiger partial charge in [0, 0.05) is 8.04 Å². The van der Waals surface area contributed by atoms with Crippen molar-refractivity contribution in [3.05, 3.63) is 44.0 Å². The molecule has 1 amide bonds. The fourth-order valence-electron chi connectivity index (χ4n) is 1.25. The molecular weight excluding hydrogens is 399 g/mol. The molecule has 0 saturated heterocycles. The highest BCUT2D eigenvalue weighted by molar-refractivity contribution is 14.1. The molecule has 2 aromatic rings. The molecule has 0 spiro atoms. The first-order valence-electron chi connectivity index (χ1n) is 4.74. The fraction of sp³-hybridized carbons (Fsp3) is 0.100. The normalized spacial score (nSPS) is 10.2. The van der Waals surface area contributed by atoms with Gasteiger partial charge in [0.15, 0.2) is 0 Å². The molecule has 0 fully saturated rings. The molecular formula is C10H8BrIN4O. The average molecular weight is 407 g/mol. The lowest BCUT2D eigenvalue weighted by atomic mass is 10.2. The number of amides is 1. The molecule has 2 rings (SSSR count). The summed E-state index contributed by atoms with van der Waals surface area (Å²) < 4.78 is 1.78. The van der Waals surface area contributed by atoms with Crippen LogP contribution in [0.1, 0.15) is 16.2 Å². The number of hydrogen-bond donors (Lipinski definition) is 2. The van der Waals surface area contributed by atoms with Gasteiger partial charge in [0.1, 0.15) is 12.2 Å². The predicted octanol–water partition coefficient (Wildman–Crippen LogP) is 2.10. The average Bonchev–Trinajstić information content (AvgIpc) is 2.82. The zero-order valence-corrected chi connectivity index (χ0v) is 12.3. The summed E-state index contributed by atoms with van der Waals surface area (Å²) in [5.74, 6) is 0.496. The summed E-state index contributed by atoms with van der Waals surface area (Å²) in [6.45, 7) is 0.335. The van der Waals surface area contributed by atoms with Gasteiger partial charge in [-0.15, -0.1) is 0 Å². The molecule has 17 heavy (non-hydrogen) atoms. The Hall–Kier alpha value is -0.960. The smallest absolute Gasteiger partial charge is 0.252 e. The van der Waals surface area contributed by atoms with Gasteiger partial charge in [0.25, 0.3) is 5.91 Å².